The van der Waals surface area contributed by atoms with E-state index in [0.717, 1.165) is 37.8 Å². The van der Waals surface area contributed by atoms with Crippen molar-refractivity contribution in [1.82, 2.24) is 19.4 Å². The molecule has 156 valence electrons. The molecule has 0 amide bonds. The topological polar surface area (TPSA) is 71.2 Å². The number of pyridine rings is 1. The van der Waals surface area contributed by atoms with E-state index >= 15 is 0 Å². The van der Waals surface area contributed by atoms with Crippen molar-refractivity contribution in [3.05, 3.63) is 59.8 Å². The van der Waals surface area contributed by atoms with E-state index < -0.39 is 0 Å². The second-order valence-electron chi connectivity index (χ2n) is 8.29. The summed E-state index contributed by atoms with van der Waals surface area (Å²) in [6.07, 6.45) is 1.84. The van der Waals surface area contributed by atoms with Gasteiger partial charge in [-0.2, -0.15) is 9.97 Å². The van der Waals surface area contributed by atoms with Crippen LogP contribution in [-0.4, -0.2) is 55.2 Å². The van der Waals surface area contributed by atoms with Crippen LogP contribution in [0.1, 0.15) is 11.1 Å². The molecule has 2 N–H and O–H groups in total. The number of nitrogens with zero attached hydrogens (tertiary/aromatic N) is 6. The molecule has 0 aliphatic carbocycles. The number of rotatable bonds is 4. The fraction of sp³-hybridized carbons (Fsp3) is 0.348. The Labute approximate surface area is 178 Å². The van der Waals surface area contributed by atoms with E-state index in [1.807, 2.05) is 24.4 Å². The quantitative estimate of drug-likeness (QED) is 0.673. The number of benzene rings is 1. The zero-order valence-corrected chi connectivity index (χ0v) is 18.2. The fourth-order valence-corrected chi connectivity index (χ4v) is 4.01. The maximum absolute atomic E-state index is 6.22. The lowest BCUT2D eigenvalue weighted by atomic mass is 10.1. The predicted octanol–water partition coefficient (Wildman–Crippen LogP) is 3.30. The van der Waals surface area contributed by atoms with Crippen LogP contribution in [0.3, 0.4) is 0 Å². The predicted molar refractivity (Wildman–Crippen MR) is 124 cm³/mol. The van der Waals surface area contributed by atoms with Gasteiger partial charge in [0.2, 0.25) is 11.8 Å². The number of nitrogens with two attached hydrogens (primary N) is 1. The molecule has 1 aliphatic rings. The van der Waals surface area contributed by atoms with Crippen molar-refractivity contribution in [2.45, 2.75) is 13.8 Å². The van der Waals surface area contributed by atoms with Crippen molar-refractivity contribution in [3.63, 3.8) is 0 Å². The lowest BCUT2D eigenvalue weighted by Crippen LogP contribution is -2.47. The number of aromatic nitrogens is 3. The third kappa shape index (κ3) is 3.80. The highest BCUT2D eigenvalue weighted by atomic mass is 15.4. The van der Waals surface area contributed by atoms with Gasteiger partial charge < -0.3 is 15.5 Å². The van der Waals surface area contributed by atoms with Crippen molar-refractivity contribution in [2.75, 3.05) is 55.8 Å². The molecule has 2 aromatic heterocycles. The lowest BCUT2D eigenvalue weighted by molar-refractivity contribution is 0.533. The molecule has 30 heavy (non-hydrogen) atoms. The zero-order chi connectivity index (χ0) is 21.3. The Balaban J connectivity index is 1.59. The summed E-state index contributed by atoms with van der Waals surface area (Å²) in [6, 6.07) is 14.3. The van der Waals surface area contributed by atoms with Crippen LogP contribution in [0, 0.1) is 13.8 Å². The second-order valence-corrected chi connectivity index (χ2v) is 8.29. The molecule has 4 rings (SSSR count). The first-order valence-corrected chi connectivity index (χ1v) is 10.3. The normalized spacial score (nSPS) is 14.8. The molecular weight excluding hydrogens is 374 g/mol. The number of piperazine rings is 1. The van der Waals surface area contributed by atoms with Gasteiger partial charge in [-0.25, -0.2) is 9.47 Å². The Hall–Kier alpha value is -3.19. The minimum absolute atomic E-state index is 0.499. The van der Waals surface area contributed by atoms with E-state index in [-0.39, 0.29) is 0 Å². The van der Waals surface area contributed by atoms with Crippen LogP contribution in [0.4, 0.5) is 29.1 Å². The SMILES string of the molecule is Cc1cccc([N+](C)(C)c2cc(N)nc(N3CCN(c4ccccn4)CC3)n2)c1C. The standard InChI is InChI=1S/C23H30N7/c1-17-8-7-9-19(18(17)2)30(3,4)22-16-20(24)26-23(27-22)29-14-12-28(13-15-29)21-10-5-6-11-25-21/h5-11,16H,12-15H2,1-4H3,(H2,24,26,27)/q+1. The summed E-state index contributed by atoms with van der Waals surface area (Å²) >= 11 is 0. The van der Waals surface area contributed by atoms with Gasteiger partial charge in [-0.1, -0.05) is 18.2 Å². The van der Waals surface area contributed by atoms with Crippen molar-refractivity contribution < 1.29 is 0 Å². The van der Waals surface area contributed by atoms with E-state index in [9.17, 15) is 0 Å². The van der Waals surface area contributed by atoms with Gasteiger partial charge in [0.25, 0.3) is 0 Å². The number of anilines is 3. The smallest absolute Gasteiger partial charge is 0.239 e. The Morgan fingerprint density at radius 3 is 2.33 bits per heavy atom. The Morgan fingerprint density at radius 2 is 1.63 bits per heavy atom. The molecule has 0 spiro atoms. The highest BCUT2D eigenvalue weighted by Gasteiger charge is 2.29. The summed E-state index contributed by atoms with van der Waals surface area (Å²) in [6.45, 7) is 7.71. The molecular formula is C23H30N7+. The Kier molecular flexibility index (Phi) is 5.30. The van der Waals surface area contributed by atoms with Crippen LogP contribution in [-0.2, 0) is 0 Å². The van der Waals surface area contributed by atoms with Crippen molar-refractivity contribution in [3.8, 4) is 0 Å². The van der Waals surface area contributed by atoms with Crippen LogP contribution < -0.4 is 20.0 Å². The van der Waals surface area contributed by atoms with Crippen LogP contribution in [0.15, 0.2) is 48.7 Å². The molecule has 1 aromatic carbocycles. The Bertz CT molecular complexity index is 1020. The average molecular weight is 405 g/mol. The van der Waals surface area contributed by atoms with Crippen LogP contribution >= 0.6 is 0 Å². The molecule has 0 radical (unpaired) electrons. The molecule has 3 heterocycles. The first kappa shape index (κ1) is 20.1. The first-order chi connectivity index (χ1) is 14.4. The molecule has 7 nitrogen and oxygen atoms in total. The molecule has 1 saturated heterocycles. The summed E-state index contributed by atoms with van der Waals surface area (Å²) in [7, 11) is 4.29. The molecule has 0 unspecified atom stereocenters. The minimum atomic E-state index is 0.499. The fourth-order valence-electron chi connectivity index (χ4n) is 4.01. The minimum Gasteiger partial charge on any atom is -0.383 e. The molecule has 1 fully saturated rings. The van der Waals surface area contributed by atoms with Gasteiger partial charge in [-0.15, -0.1) is 0 Å². The highest BCUT2D eigenvalue weighted by molar-refractivity contribution is 5.63. The first-order valence-electron chi connectivity index (χ1n) is 10.3. The number of aryl methyl sites for hydroxylation is 1. The van der Waals surface area contributed by atoms with E-state index in [4.69, 9.17) is 10.7 Å². The van der Waals surface area contributed by atoms with Crippen molar-refractivity contribution >= 4 is 29.1 Å². The third-order valence-corrected chi connectivity index (χ3v) is 6.01. The monoisotopic (exact) mass is 404 g/mol. The largest absolute Gasteiger partial charge is 0.383 e. The van der Waals surface area contributed by atoms with E-state index in [1.165, 1.54) is 16.8 Å². The zero-order valence-electron chi connectivity index (χ0n) is 18.2. The maximum Gasteiger partial charge on any atom is 0.239 e. The molecule has 0 saturated carbocycles. The molecule has 0 atom stereocenters. The third-order valence-electron chi connectivity index (χ3n) is 6.01. The van der Waals surface area contributed by atoms with E-state index in [0.29, 0.717) is 16.2 Å². The van der Waals surface area contributed by atoms with Crippen LogP contribution in [0.25, 0.3) is 0 Å². The van der Waals surface area contributed by atoms with Crippen LogP contribution in [0.5, 0.6) is 0 Å². The van der Waals surface area contributed by atoms with Gasteiger partial charge in [-0.05, 0) is 37.6 Å². The summed E-state index contributed by atoms with van der Waals surface area (Å²) in [5.74, 6) is 3.10. The van der Waals surface area contributed by atoms with E-state index in [2.05, 4.69) is 72.0 Å². The molecule has 1 aliphatic heterocycles. The number of nitrogen functional groups attached to an aromatic ring is 1. The maximum atomic E-state index is 6.22. The van der Waals surface area contributed by atoms with Gasteiger partial charge in [0.15, 0.2) is 0 Å². The number of quaternary nitrogens is 1. The van der Waals surface area contributed by atoms with Crippen molar-refractivity contribution in [2.24, 2.45) is 0 Å². The molecule has 7 heteroatoms. The van der Waals surface area contributed by atoms with E-state index in [1.54, 1.807) is 0 Å². The number of hydrogen-bond acceptors (Lipinski definition) is 6. The van der Waals surface area contributed by atoms with Crippen LogP contribution in [0.2, 0.25) is 0 Å². The molecule has 3 aromatic rings. The highest BCUT2D eigenvalue weighted by Crippen LogP contribution is 2.34. The molecule has 0 bridgehead atoms. The lowest BCUT2D eigenvalue weighted by Gasteiger charge is -2.36. The summed E-state index contributed by atoms with van der Waals surface area (Å²) in [5.41, 5.74) is 9.97. The van der Waals surface area contributed by atoms with Gasteiger partial charge in [0, 0.05) is 37.9 Å². The van der Waals surface area contributed by atoms with Gasteiger partial charge in [0.1, 0.15) is 17.3 Å². The van der Waals surface area contributed by atoms with Crippen molar-refractivity contribution in [1.29, 1.82) is 0 Å². The summed E-state index contributed by atoms with van der Waals surface area (Å²) < 4.78 is 0.515. The second kappa shape index (κ2) is 7.91. The van der Waals surface area contributed by atoms with Gasteiger partial charge in [-0.3, -0.25) is 0 Å². The number of hydrogen-bond donors (Lipinski definition) is 1. The Morgan fingerprint density at radius 1 is 0.900 bits per heavy atom. The summed E-state index contributed by atoms with van der Waals surface area (Å²) in [4.78, 5) is 18.5. The van der Waals surface area contributed by atoms with Gasteiger partial charge >= 0.3 is 0 Å². The van der Waals surface area contributed by atoms with Gasteiger partial charge in [0.05, 0.1) is 20.2 Å². The average Bonchev–Trinajstić information content (AvgIpc) is 2.76. The summed E-state index contributed by atoms with van der Waals surface area (Å²) in [5, 5.41) is 0.